The van der Waals surface area contributed by atoms with Gasteiger partial charge in [-0.05, 0) is 12.0 Å². The lowest BCUT2D eigenvalue weighted by Crippen LogP contribution is -2.33. The molecule has 0 fully saturated rings. The maximum atomic E-state index is 6.31. The van der Waals surface area contributed by atoms with Gasteiger partial charge in [0, 0.05) is 26.1 Å². The van der Waals surface area contributed by atoms with Crippen LogP contribution < -0.4 is 5.73 Å². The summed E-state index contributed by atoms with van der Waals surface area (Å²) in [7, 11) is 1.69. The van der Waals surface area contributed by atoms with Crippen LogP contribution >= 0.6 is 0 Å². The lowest BCUT2D eigenvalue weighted by molar-refractivity contribution is 0.0793. The maximum absolute atomic E-state index is 6.31. The van der Waals surface area contributed by atoms with E-state index in [4.69, 9.17) is 10.5 Å². The van der Waals surface area contributed by atoms with Crippen molar-refractivity contribution < 1.29 is 4.74 Å². The number of hydrogen-bond acceptors (Lipinski definition) is 4. The van der Waals surface area contributed by atoms with Crippen LogP contribution in [-0.4, -0.2) is 27.9 Å². The van der Waals surface area contributed by atoms with Crippen LogP contribution in [-0.2, 0) is 17.7 Å². The summed E-state index contributed by atoms with van der Waals surface area (Å²) in [5.74, 6) is 0.914. The molecule has 1 heterocycles. The van der Waals surface area contributed by atoms with E-state index >= 15 is 0 Å². The van der Waals surface area contributed by atoms with Crippen molar-refractivity contribution in [2.24, 2.45) is 5.73 Å². The van der Waals surface area contributed by atoms with Gasteiger partial charge in [-0.1, -0.05) is 37.3 Å². The first-order valence-electron chi connectivity index (χ1n) is 6.96. The number of benzene rings is 1. The van der Waals surface area contributed by atoms with Crippen molar-refractivity contribution in [1.29, 1.82) is 0 Å². The number of aryl methyl sites for hydroxylation is 1. The molecule has 5 heteroatoms. The van der Waals surface area contributed by atoms with Crippen molar-refractivity contribution in [3.63, 3.8) is 0 Å². The van der Waals surface area contributed by atoms with Crippen LogP contribution in [0.15, 0.2) is 36.7 Å². The van der Waals surface area contributed by atoms with Crippen LogP contribution in [0.1, 0.15) is 30.8 Å². The van der Waals surface area contributed by atoms with Crippen molar-refractivity contribution in [1.82, 2.24) is 14.8 Å². The van der Waals surface area contributed by atoms with Gasteiger partial charge in [-0.25, -0.2) is 4.98 Å². The Morgan fingerprint density at radius 2 is 2.05 bits per heavy atom. The molecule has 1 aromatic heterocycles. The molecule has 20 heavy (non-hydrogen) atoms. The van der Waals surface area contributed by atoms with E-state index in [0.29, 0.717) is 6.42 Å². The highest BCUT2D eigenvalue weighted by Crippen LogP contribution is 2.21. The van der Waals surface area contributed by atoms with Gasteiger partial charge < -0.3 is 10.5 Å². The molecule has 2 atom stereocenters. The second kappa shape index (κ2) is 7.17. The molecule has 0 aliphatic heterocycles. The molecule has 2 N–H and O–H groups in total. The molecule has 1 aromatic carbocycles. The average molecular weight is 274 g/mol. The van der Waals surface area contributed by atoms with Crippen LogP contribution in [0.4, 0.5) is 0 Å². The quantitative estimate of drug-likeness (QED) is 0.838. The highest BCUT2D eigenvalue weighted by atomic mass is 16.5. The van der Waals surface area contributed by atoms with E-state index in [1.54, 1.807) is 13.4 Å². The van der Waals surface area contributed by atoms with Gasteiger partial charge in [0.05, 0.1) is 6.10 Å². The van der Waals surface area contributed by atoms with E-state index in [-0.39, 0.29) is 12.1 Å². The minimum absolute atomic E-state index is 0.136. The summed E-state index contributed by atoms with van der Waals surface area (Å²) >= 11 is 0. The second-order valence-electron chi connectivity index (χ2n) is 4.83. The van der Waals surface area contributed by atoms with E-state index in [1.807, 2.05) is 35.0 Å². The van der Waals surface area contributed by atoms with Gasteiger partial charge in [0.25, 0.3) is 0 Å². The standard InChI is InChI=1S/C15H22N4O/c1-3-9-19-14(17-11-18-19)10-13(16)15(20-2)12-7-5-4-6-8-12/h4-8,11,13,15H,3,9-10,16H2,1-2H3. The van der Waals surface area contributed by atoms with Crippen molar-refractivity contribution in [2.45, 2.75) is 38.5 Å². The molecule has 0 aliphatic rings. The number of rotatable bonds is 7. The monoisotopic (exact) mass is 274 g/mol. The third kappa shape index (κ3) is 3.43. The zero-order chi connectivity index (χ0) is 14.4. The van der Waals surface area contributed by atoms with Gasteiger partial charge in [0.2, 0.25) is 0 Å². The summed E-state index contributed by atoms with van der Waals surface area (Å²) < 4.78 is 7.48. The molecule has 0 saturated carbocycles. The highest BCUT2D eigenvalue weighted by Gasteiger charge is 2.21. The highest BCUT2D eigenvalue weighted by molar-refractivity contribution is 5.19. The first-order valence-corrected chi connectivity index (χ1v) is 6.96. The average Bonchev–Trinajstić information content (AvgIpc) is 2.88. The summed E-state index contributed by atoms with van der Waals surface area (Å²) in [6, 6.07) is 9.89. The predicted molar refractivity (Wildman–Crippen MR) is 78.2 cm³/mol. The van der Waals surface area contributed by atoms with E-state index < -0.39 is 0 Å². The summed E-state index contributed by atoms with van der Waals surface area (Å²) in [4.78, 5) is 4.30. The van der Waals surface area contributed by atoms with Crippen LogP contribution in [0, 0.1) is 0 Å². The molecular weight excluding hydrogens is 252 g/mol. The molecule has 5 nitrogen and oxygen atoms in total. The van der Waals surface area contributed by atoms with Crippen molar-refractivity contribution in [3.8, 4) is 0 Å². The Morgan fingerprint density at radius 1 is 1.30 bits per heavy atom. The number of nitrogens with zero attached hydrogens (tertiary/aromatic N) is 3. The maximum Gasteiger partial charge on any atom is 0.138 e. The number of methoxy groups -OCH3 is 1. The molecular formula is C15H22N4O. The number of hydrogen-bond donors (Lipinski definition) is 1. The normalized spacial score (nSPS) is 14.2. The van der Waals surface area contributed by atoms with Gasteiger partial charge in [-0.3, -0.25) is 4.68 Å². The molecule has 0 saturated heterocycles. The number of ether oxygens (including phenoxy) is 1. The first-order chi connectivity index (χ1) is 9.76. The molecule has 0 radical (unpaired) electrons. The first kappa shape index (κ1) is 14.7. The van der Waals surface area contributed by atoms with Crippen molar-refractivity contribution in [3.05, 3.63) is 48.0 Å². The topological polar surface area (TPSA) is 66.0 Å². The Labute approximate surface area is 119 Å². The Bertz CT molecular complexity index is 512. The SMILES string of the molecule is CCCn1ncnc1CC(N)C(OC)c1ccccc1. The minimum Gasteiger partial charge on any atom is -0.375 e. The Kier molecular flexibility index (Phi) is 5.26. The van der Waals surface area contributed by atoms with Gasteiger partial charge in [-0.15, -0.1) is 0 Å². The smallest absolute Gasteiger partial charge is 0.138 e. The molecule has 2 unspecified atom stereocenters. The minimum atomic E-state index is -0.151. The van der Waals surface area contributed by atoms with Gasteiger partial charge in [-0.2, -0.15) is 5.10 Å². The fourth-order valence-electron chi connectivity index (χ4n) is 2.36. The zero-order valence-electron chi connectivity index (χ0n) is 12.1. The van der Waals surface area contributed by atoms with Crippen LogP contribution in [0.2, 0.25) is 0 Å². The zero-order valence-corrected chi connectivity index (χ0v) is 12.1. The van der Waals surface area contributed by atoms with Gasteiger partial charge in [0.15, 0.2) is 0 Å². The summed E-state index contributed by atoms with van der Waals surface area (Å²) in [6.45, 7) is 2.98. The fraction of sp³-hybridized carbons (Fsp3) is 0.467. The Balaban J connectivity index is 2.09. The summed E-state index contributed by atoms with van der Waals surface area (Å²) in [6.07, 6.45) is 3.12. The summed E-state index contributed by atoms with van der Waals surface area (Å²) in [5, 5.41) is 4.23. The summed E-state index contributed by atoms with van der Waals surface area (Å²) in [5.41, 5.74) is 7.40. The molecule has 0 aliphatic carbocycles. The van der Waals surface area contributed by atoms with Crippen molar-refractivity contribution in [2.75, 3.05) is 7.11 Å². The fourth-order valence-corrected chi connectivity index (χ4v) is 2.36. The number of nitrogens with two attached hydrogens (primary N) is 1. The van der Waals surface area contributed by atoms with E-state index in [2.05, 4.69) is 17.0 Å². The molecule has 2 rings (SSSR count). The molecule has 2 aromatic rings. The second-order valence-corrected chi connectivity index (χ2v) is 4.83. The van der Waals surface area contributed by atoms with Crippen LogP contribution in [0.5, 0.6) is 0 Å². The largest absolute Gasteiger partial charge is 0.375 e. The van der Waals surface area contributed by atoms with Gasteiger partial charge in [0.1, 0.15) is 12.2 Å². The molecule has 108 valence electrons. The van der Waals surface area contributed by atoms with E-state index in [1.165, 1.54) is 0 Å². The third-order valence-corrected chi connectivity index (χ3v) is 3.32. The lowest BCUT2D eigenvalue weighted by atomic mass is 10.00. The Morgan fingerprint density at radius 3 is 2.70 bits per heavy atom. The Hall–Kier alpha value is -1.72. The molecule has 0 amide bonds. The molecule has 0 bridgehead atoms. The predicted octanol–water partition coefficient (Wildman–Crippen LogP) is 1.95. The van der Waals surface area contributed by atoms with E-state index in [9.17, 15) is 0 Å². The number of aromatic nitrogens is 3. The van der Waals surface area contributed by atoms with Gasteiger partial charge >= 0.3 is 0 Å². The van der Waals surface area contributed by atoms with Crippen LogP contribution in [0.3, 0.4) is 0 Å². The van der Waals surface area contributed by atoms with E-state index in [0.717, 1.165) is 24.4 Å². The van der Waals surface area contributed by atoms with Crippen LogP contribution in [0.25, 0.3) is 0 Å². The van der Waals surface area contributed by atoms with Crippen molar-refractivity contribution >= 4 is 0 Å². The lowest BCUT2D eigenvalue weighted by Gasteiger charge is -2.22. The third-order valence-electron chi connectivity index (χ3n) is 3.32. The molecule has 0 spiro atoms.